The number of rotatable bonds is 12. The van der Waals surface area contributed by atoms with Gasteiger partial charge in [0.05, 0.1) is 24.9 Å². The molecule has 2 aromatic carbocycles. The van der Waals surface area contributed by atoms with Crippen molar-refractivity contribution >= 4 is 17.5 Å². The zero-order valence-electron chi connectivity index (χ0n) is 23.6. The molecule has 0 aliphatic rings. The number of nitrogens with zero attached hydrogens (tertiary/aromatic N) is 9. The summed E-state index contributed by atoms with van der Waals surface area (Å²) in [5, 5.41) is 23.8. The Balaban J connectivity index is 1.49. The molecule has 0 saturated carbocycles. The number of carbonyl (C=O) groups is 1. The minimum atomic E-state index is -0.283. The lowest BCUT2D eigenvalue weighted by Crippen LogP contribution is -2.33. The summed E-state index contributed by atoms with van der Waals surface area (Å²) in [6.07, 6.45) is 4.56. The molecule has 2 aromatic heterocycles. The molecule has 4 aromatic rings. The topological polar surface area (TPSA) is 147 Å². The maximum Gasteiger partial charge on any atom is 0.253 e. The van der Waals surface area contributed by atoms with E-state index in [1.54, 1.807) is 66.5 Å². The molecule has 41 heavy (non-hydrogen) atoms. The van der Waals surface area contributed by atoms with Crippen molar-refractivity contribution in [3.63, 3.8) is 0 Å². The molecule has 0 radical (unpaired) electrons. The molecule has 1 amide bonds. The average Bonchev–Trinajstić information content (AvgIpc) is 3.48. The van der Waals surface area contributed by atoms with Crippen molar-refractivity contribution in [3.8, 4) is 28.7 Å². The maximum atomic E-state index is 12.9. The second kappa shape index (κ2) is 13.3. The first-order valence-electron chi connectivity index (χ1n) is 12.9. The summed E-state index contributed by atoms with van der Waals surface area (Å²) in [7, 11) is 7.27. The number of carbonyl (C=O) groups excluding carboxylic acids is 1. The molecule has 1 N–H and O–H groups in total. The third-order valence-electron chi connectivity index (χ3n) is 6.17. The van der Waals surface area contributed by atoms with E-state index in [4.69, 9.17) is 9.47 Å². The number of hydrogen-bond donors (Lipinski definition) is 1. The fourth-order valence-corrected chi connectivity index (χ4v) is 3.95. The number of ether oxygens (including phenoxy) is 2. The van der Waals surface area contributed by atoms with E-state index in [0.717, 1.165) is 17.7 Å². The van der Waals surface area contributed by atoms with Crippen molar-refractivity contribution in [1.29, 1.82) is 5.26 Å². The predicted molar refractivity (Wildman–Crippen MR) is 152 cm³/mol. The molecular formula is C28H32N10O3. The van der Waals surface area contributed by atoms with Crippen molar-refractivity contribution < 1.29 is 14.3 Å². The number of methoxy groups -OCH3 is 1. The molecule has 1 atom stereocenters. The lowest BCUT2D eigenvalue weighted by molar-refractivity contribution is 0.0786. The minimum absolute atomic E-state index is 0.0973. The second-order valence-electron chi connectivity index (χ2n) is 9.65. The van der Waals surface area contributed by atoms with Crippen molar-refractivity contribution in [1.82, 2.24) is 40.0 Å². The van der Waals surface area contributed by atoms with Crippen LogP contribution in [0.15, 0.2) is 55.1 Å². The Hall–Kier alpha value is -5.09. The van der Waals surface area contributed by atoms with Gasteiger partial charge in [-0.15, -0.1) is 5.10 Å². The van der Waals surface area contributed by atoms with Gasteiger partial charge in [-0.1, -0.05) is 6.07 Å². The van der Waals surface area contributed by atoms with Gasteiger partial charge in [-0.05, 0) is 67.3 Å². The summed E-state index contributed by atoms with van der Waals surface area (Å²) in [5.41, 5.74) is 3.01. The fraction of sp³-hybridized carbons (Fsp3) is 0.321. The van der Waals surface area contributed by atoms with Gasteiger partial charge in [-0.25, -0.2) is 14.6 Å². The van der Waals surface area contributed by atoms with Gasteiger partial charge in [0.2, 0.25) is 5.95 Å². The van der Waals surface area contributed by atoms with Crippen LogP contribution in [0.3, 0.4) is 0 Å². The molecule has 0 bridgehead atoms. The van der Waals surface area contributed by atoms with Gasteiger partial charge < -0.3 is 24.6 Å². The molecule has 0 unspecified atom stereocenters. The highest BCUT2D eigenvalue weighted by Gasteiger charge is 2.16. The van der Waals surface area contributed by atoms with E-state index >= 15 is 0 Å². The smallest absolute Gasteiger partial charge is 0.253 e. The van der Waals surface area contributed by atoms with Gasteiger partial charge in [-0.3, -0.25) is 4.79 Å². The number of anilines is 2. The van der Waals surface area contributed by atoms with Crippen molar-refractivity contribution in [2.24, 2.45) is 0 Å². The van der Waals surface area contributed by atoms with E-state index in [9.17, 15) is 10.1 Å². The van der Waals surface area contributed by atoms with Crippen molar-refractivity contribution in [2.75, 3.05) is 46.7 Å². The average molecular weight is 557 g/mol. The molecule has 0 aliphatic heterocycles. The van der Waals surface area contributed by atoms with Crippen LogP contribution in [0.4, 0.5) is 11.6 Å². The summed E-state index contributed by atoms with van der Waals surface area (Å²) < 4.78 is 13.1. The first-order valence-corrected chi connectivity index (χ1v) is 12.9. The molecule has 0 fully saturated rings. The van der Waals surface area contributed by atoms with Gasteiger partial charge in [-0.2, -0.15) is 5.26 Å². The molecule has 0 spiro atoms. The van der Waals surface area contributed by atoms with Crippen LogP contribution in [0.25, 0.3) is 11.1 Å². The number of aromatic nitrogens is 6. The van der Waals surface area contributed by atoms with Gasteiger partial charge in [0.15, 0.2) is 0 Å². The number of nitrogens with one attached hydrogen (secondary N) is 1. The largest absolute Gasteiger partial charge is 0.495 e. The molecule has 13 heteroatoms. The number of amides is 1. The van der Waals surface area contributed by atoms with E-state index in [-0.39, 0.29) is 12.0 Å². The summed E-state index contributed by atoms with van der Waals surface area (Å²) in [5.74, 6) is 1.22. The third kappa shape index (κ3) is 7.52. The summed E-state index contributed by atoms with van der Waals surface area (Å²) in [6.45, 7) is 3.66. The monoisotopic (exact) mass is 556 g/mol. The number of benzene rings is 2. The van der Waals surface area contributed by atoms with Crippen LogP contribution in [0, 0.1) is 11.3 Å². The standard InChI is InChI=1S/C28H32N10O3/c1-19(17-38-18-32-34-35-38)41-26-13-20(6-7-22(26)14-29)23-15-30-28(31-16-23)33-24-12-21(8-9-25(24)40-5)27(39)37(4)11-10-36(2)3/h6-9,12-13,15-16,18-19H,10-11,17H2,1-5H3,(H,30,31,33)/t19-/m0/s1. The zero-order chi connectivity index (χ0) is 29.4. The summed E-state index contributed by atoms with van der Waals surface area (Å²) >= 11 is 0. The Morgan fingerprint density at radius 2 is 1.85 bits per heavy atom. The molecule has 13 nitrogen and oxygen atoms in total. The Morgan fingerprint density at radius 1 is 1.07 bits per heavy atom. The van der Waals surface area contributed by atoms with E-state index in [2.05, 4.69) is 36.9 Å². The quantitative estimate of drug-likeness (QED) is 0.275. The van der Waals surface area contributed by atoms with Gasteiger partial charge in [0.1, 0.15) is 30.0 Å². The summed E-state index contributed by atoms with van der Waals surface area (Å²) in [4.78, 5) is 25.6. The predicted octanol–water partition coefficient (Wildman–Crippen LogP) is 2.86. The normalized spacial score (nSPS) is 11.5. The second-order valence-corrected chi connectivity index (χ2v) is 9.65. The Labute approximate surface area is 238 Å². The van der Waals surface area contributed by atoms with E-state index < -0.39 is 0 Å². The minimum Gasteiger partial charge on any atom is -0.495 e. The van der Waals surface area contributed by atoms with Gasteiger partial charge >= 0.3 is 0 Å². The van der Waals surface area contributed by atoms with Gasteiger partial charge in [0, 0.05) is 43.7 Å². The highest BCUT2D eigenvalue weighted by molar-refractivity contribution is 5.95. The number of tetrazole rings is 1. The number of hydrogen-bond acceptors (Lipinski definition) is 11. The molecule has 2 heterocycles. The van der Waals surface area contributed by atoms with Crippen LogP contribution in [0.5, 0.6) is 11.5 Å². The van der Waals surface area contributed by atoms with Crippen LogP contribution in [0.2, 0.25) is 0 Å². The zero-order valence-corrected chi connectivity index (χ0v) is 23.6. The van der Waals surface area contributed by atoms with Crippen LogP contribution in [-0.2, 0) is 6.54 Å². The van der Waals surface area contributed by atoms with Crippen molar-refractivity contribution in [3.05, 3.63) is 66.2 Å². The highest BCUT2D eigenvalue weighted by atomic mass is 16.5. The van der Waals surface area contributed by atoms with Gasteiger partial charge in [0.25, 0.3) is 5.91 Å². The third-order valence-corrected chi connectivity index (χ3v) is 6.17. The first-order chi connectivity index (χ1) is 19.8. The van der Waals surface area contributed by atoms with E-state index in [1.165, 1.54) is 6.33 Å². The summed E-state index contributed by atoms with van der Waals surface area (Å²) in [6, 6.07) is 12.7. The van der Waals surface area contributed by atoms with E-state index in [1.807, 2.05) is 32.0 Å². The van der Waals surface area contributed by atoms with Crippen LogP contribution >= 0.6 is 0 Å². The van der Waals surface area contributed by atoms with Crippen LogP contribution in [-0.4, -0.2) is 93.3 Å². The first kappa shape index (κ1) is 28.9. The van der Waals surface area contributed by atoms with Crippen LogP contribution in [0.1, 0.15) is 22.8 Å². The molecule has 4 rings (SSSR count). The molecule has 0 aliphatic carbocycles. The molecular weight excluding hydrogens is 524 g/mol. The lowest BCUT2D eigenvalue weighted by Gasteiger charge is -2.20. The Kier molecular flexibility index (Phi) is 9.39. The number of likely N-dealkylation sites (N-methyl/N-ethyl adjacent to an activating group) is 2. The highest BCUT2D eigenvalue weighted by Crippen LogP contribution is 2.30. The Bertz CT molecular complexity index is 1500. The van der Waals surface area contributed by atoms with E-state index in [0.29, 0.717) is 47.4 Å². The SMILES string of the molecule is COc1ccc(C(=O)N(C)CCN(C)C)cc1Nc1ncc(-c2ccc(C#N)c(O[C@@H](C)Cn3cnnn3)c2)cn1. The molecule has 0 saturated heterocycles. The van der Waals surface area contributed by atoms with Crippen molar-refractivity contribution in [2.45, 2.75) is 19.6 Å². The van der Waals surface area contributed by atoms with Crippen LogP contribution < -0.4 is 14.8 Å². The fourth-order valence-electron chi connectivity index (χ4n) is 3.95. The molecule has 212 valence electrons. The Morgan fingerprint density at radius 3 is 2.51 bits per heavy atom. The number of nitriles is 1. The maximum absolute atomic E-state index is 12.9. The lowest BCUT2D eigenvalue weighted by atomic mass is 10.1.